The summed E-state index contributed by atoms with van der Waals surface area (Å²) in [4.78, 5) is 23.5. The first kappa shape index (κ1) is 23.4. The van der Waals surface area contributed by atoms with Gasteiger partial charge in [-0.05, 0) is 57.5 Å². The molecule has 0 unspecified atom stereocenters. The van der Waals surface area contributed by atoms with E-state index in [1.54, 1.807) is 6.20 Å². The maximum atomic E-state index is 4.77. The van der Waals surface area contributed by atoms with E-state index in [-0.39, 0.29) is 0 Å². The predicted molar refractivity (Wildman–Crippen MR) is 141 cm³/mol. The zero-order valence-electron chi connectivity index (χ0n) is 21.0. The Morgan fingerprint density at radius 3 is 2.43 bits per heavy atom. The first-order chi connectivity index (χ1) is 17.0. The second kappa shape index (κ2) is 10.1. The quantitative estimate of drug-likeness (QED) is 0.418. The first-order valence-corrected chi connectivity index (χ1v) is 12.5. The van der Waals surface area contributed by atoms with Crippen molar-refractivity contribution < 1.29 is 0 Å². The molecule has 0 amide bonds. The van der Waals surface area contributed by atoms with Crippen molar-refractivity contribution in [2.75, 3.05) is 31.5 Å². The van der Waals surface area contributed by atoms with Gasteiger partial charge in [0.15, 0.2) is 0 Å². The molecule has 8 heteroatoms. The maximum absolute atomic E-state index is 4.77. The highest BCUT2D eigenvalue weighted by molar-refractivity contribution is 5.92. The van der Waals surface area contributed by atoms with E-state index < -0.39 is 0 Å². The Balaban J connectivity index is 1.28. The van der Waals surface area contributed by atoms with Gasteiger partial charge in [0.25, 0.3) is 0 Å². The molecule has 8 nitrogen and oxygen atoms in total. The van der Waals surface area contributed by atoms with Gasteiger partial charge in [-0.2, -0.15) is 0 Å². The summed E-state index contributed by atoms with van der Waals surface area (Å²) in [5, 5.41) is 3.26. The number of nitrogens with one attached hydrogen (secondary N) is 1. The van der Waals surface area contributed by atoms with Crippen LogP contribution in [0.3, 0.4) is 0 Å². The van der Waals surface area contributed by atoms with Gasteiger partial charge < -0.3 is 9.88 Å². The van der Waals surface area contributed by atoms with E-state index in [2.05, 4.69) is 80.7 Å². The van der Waals surface area contributed by atoms with Gasteiger partial charge in [0.1, 0.15) is 5.82 Å². The predicted octanol–water partition coefficient (Wildman–Crippen LogP) is 4.74. The molecule has 1 fully saturated rings. The van der Waals surface area contributed by atoms with E-state index in [1.807, 2.05) is 30.6 Å². The number of hydrogen-bond acceptors (Lipinski definition) is 7. The summed E-state index contributed by atoms with van der Waals surface area (Å²) in [5.41, 5.74) is 5.11. The average molecular weight is 471 g/mol. The SMILES string of the molecule is CC(C)N1CCN(Cc2ccc(Nc3nccc(-c4cn(C(C)C)c5cccnc45)n3)nc2)CC1. The van der Waals surface area contributed by atoms with Crippen molar-refractivity contribution in [2.45, 2.75) is 46.3 Å². The Kier molecular flexibility index (Phi) is 6.74. The molecular formula is C27H34N8. The molecule has 35 heavy (non-hydrogen) atoms. The number of fused-ring (bicyclic) bond motifs is 1. The van der Waals surface area contributed by atoms with Crippen molar-refractivity contribution in [2.24, 2.45) is 0 Å². The Bertz CT molecular complexity index is 1270. The van der Waals surface area contributed by atoms with Crippen molar-refractivity contribution in [1.29, 1.82) is 0 Å². The fraction of sp³-hybridized carbons (Fsp3) is 0.407. The lowest BCUT2D eigenvalue weighted by atomic mass is 10.2. The monoisotopic (exact) mass is 470 g/mol. The van der Waals surface area contributed by atoms with Crippen molar-refractivity contribution in [3.8, 4) is 11.3 Å². The summed E-state index contributed by atoms with van der Waals surface area (Å²) < 4.78 is 2.23. The highest BCUT2D eigenvalue weighted by Crippen LogP contribution is 2.30. The Labute approximate surface area is 207 Å². The van der Waals surface area contributed by atoms with E-state index in [4.69, 9.17) is 4.98 Å². The van der Waals surface area contributed by atoms with Gasteiger partial charge >= 0.3 is 0 Å². The second-order valence-electron chi connectivity index (χ2n) is 9.76. The minimum atomic E-state index is 0.330. The van der Waals surface area contributed by atoms with Gasteiger partial charge in [0, 0.05) is 75.2 Å². The standard InChI is InChI=1S/C27H34N8/c1-19(2)34-14-12-33(13-15-34)17-21-7-8-25(30-16-21)32-27-29-11-9-23(31-27)22-18-35(20(3)4)24-6-5-10-28-26(22)24/h5-11,16,18-20H,12-15,17H2,1-4H3,(H,29,30,31,32). The van der Waals surface area contributed by atoms with Gasteiger partial charge in [0.2, 0.25) is 5.95 Å². The molecule has 0 bridgehead atoms. The molecule has 0 saturated carbocycles. The van der Waals surface area contributed by atoms with Crippen LogP contribution in [-0.2, 0) is 6.54 Å². The fourth-order valence-corrected chi connectivity index (χ4v) is 4.67. The number of hydrogen-bond donors (Lipinski definition) is 1. The van der Waals surface area contributed by atoms with E-state index >= 15 is 0 Å². The molecule has 182 valence electrons. The maximum Gasteiger partial charge on any atom is 0.228 e. The summed E-state index contributed by atoms with van der Waals surface area (Å²) in [7, 11) is 0. The molecule has 0 spiro atoms. The van der Waals surface area contributed by atoms with Gasteiger partial charge in [0.05, 0.1) is 16.7 Å². The lowest BCUT2D eigenvalue weighted by Crippen LogP contribution is -2.48. The molecule has 0 aromatic carbocycles. The lowest BCUT2D eigenvalue weighted by Gasteiger charge is -2.36. The van der Waals surface area contributed by atoms with Gasteiger partial charge in [-0.15, -0.1) is 0 Å². The number of nitrogens with zero attached hydrogens (tertiary/aromatic N) is 7. The van der Waals surface area contributed by atoms with E-state index in [9.17, 15) is 0 Å². The summed E-state index contributed by atoms with van der Waals surface area (Å²) in [6.45, 7) is 14.3. The smallest absolute Gasteiger partial charge is 0.228 e. The molecule has 1 aliphatic heterocycles. The van der Waals surface area contributed by atoms with Crippen LogP contribution in [0.4, 0.5) is 11.8 Å². The van der Waals surface area contributed by atoms with Crippen LogP contribution in [0, 0.1) is 0 Å². The van der Waals surface area contributed by atoms with Crippen LogP contribution in [-0.4, -0.2) is 66.5 Å². The number of rotatable bonds is 7. The topological polar surface area (TPSA) is 75.0 Å². The van der Waals surface area contributed by atoms with Crippen molar-refractivity contribution in [1.82, 2.24) is 34.3 Å². The third-order valence-corrected chi connectivity index (χ3v) is 6.68. The van der Waals surface area contributed by atoms with E-state index in [0.717, 1.165) is 60.8 Å². The van der Waals surface area contributed by atoms with E-state index in [0.29, 0.717) is 18.0 Å². The lowest BCUT2D eigenvalue weighted by molar-refractivity contribution is 0.104. The Morgan fingerprint density at radius 2 is 1.71 bits per heavy atom. The molecule has 1 N–H and O–H groups in total. The van der Waals surface area contributed by atoms with Crippen LogP contribution in [0.25, 0.3) is 22.3 Å². The normalized spacial score (nSPS) is 15.4. The molecule has 5 rings (SSSR count). The number of piperazine rings is 1. The van der Waals surface area contributed by atoms with Crippen LogP contribution < -0.4 is 5.32 Å². The largest absolute Gasteiger partial charge is 0.343 e. The van der Waals surface area contributed by atoms with Crippen LogP contribution in [0.5, 0.6) is 0 Å². The van der Waals surface area contributed by atoms with Crippen molar-refractivity contribution >= 4 is 22.8 Å². The zero-order chi connectivity index (χ0) is 24.4. The minimum Gasteiger partial charge on any atom is -0.343 e. The molecule has 4 aromatic rings. The van der Waals surface area contributed by atoms with E-state index in [1.165, 1.54) is 5.56 Å². The highest BCUT2D eigenvalue weighted by Gasteiger charge is 2.19. The molecule has 1 aliphatic rings. The second-order valence-corrected chi connectivity index (χ2v) is 9.76. The van der Waals surface area contributed by atoms with Crippen LogP contribution >= 0.6 is 0 Å². The third-order valence-electron chi connectivity index (χ3n) is 6.68. The number of pyridine rings is 2. The molecule has 5 heterocycles. The molecule has 0 atom stereocenters. The third kappa shape index (κ3) is 5.18. The zero-order valence-corrected chi connectivity index (χ0v) is 21.0. The molecule has 0 aliphatic carbocycles. The molecule has 0 radical (unpaired) electrons. The van der Waals surface area contributed by atoms with Crippen LogP contribution in [0.15, 0.2) is 55.1 Å². The molecule has 1 saturated heterocycles. The van der Waals surface area contributed by atoms with Gasteiger partial charge in [-0.25, -0.2) is 15.0 Å². The molecule has 4 aromatic heterocycles. The summed E-state index contributed by atoms with van der Waals surface area (Å²) in [6, 6.07) is 11.1. The fourth-order valence-electron chi connectivity index (χ4n) is 4.67. The van der Waals surface area contributed by atoms with Crippen LogP contribution in [0.1, 0.15) is 39.3 Å². The van der Waals surface area contributed by atoms with Gasteiger partial charge in [-0.1, -0.05) is 6.07 Å². The average Bonchev–Trinajstić information content (AvgIpc) is 3.26. The summed E-state index contributed by atoms with van der Waals surface area (Å²) in [6.07, 6.45) is 7.67. The van der Waals surface area contributed by atoms with Crippen molar-refractivity contribution in [3.05, 3.63) is 60.7 Å². The van der Waals surface area contributed by atoms with Crippen molar-refractivity contribution in [3.63, 3.8) is 0 Å². The summed E-state index contributed by atoms with van der Waals surface area (Å²) in [5.74, 6) is 1.26. The first-order valence-electron chi connectivity index (χ1n) is 12.5. The summed E-state index contributed by atoms with van der Waals surface area (Å²) >= 11 is 0. The Hall–Kier alpha value is -3.36. The van der Waals surface area contributed by atoms with Crippen LogP contribution in [0.2, 0.25) is 0 Å². The number of aromatic nitrogens is 5. The van der Waals surface area contributed by atoms with Gasteiger partial charge in [-0.3, -0.25) is 14.8 Å². The Morgan fingerprint density at radius 1 is 0.886 bits per heavy atom. The molecular weight excluding hydrogens is 436 g/mol. The number of anilines is 2. The minimum absolute atomic E-state index is 0.330. The highest BCUT2D eigenvalue weighted by atomic mass is 15.3.